The number of benzene rings is 1. The Morgan fingerprint density at radius 3 is 2.68 bits per heavy atom. The number of hydrogen-bond donors (Lipinski definition) is 0. The Morgan fingerprint density at radius 1 is 1.36 bits per heavy atom. The third kappa shape index (κ3) is 4.42. The van der Waals surface area contributed by atoms with Gasteiger partial charge in [-0.25, -0.2) is 8.42 Å². The van der Waals surface area contributed by atoms with Crippen LogP contribution in [-0.2, 0) is 19.4 Å². The van der Waals surface area contributed by atoms with Gasteiger partial charge in [0, 0.05) is 17.6 Å². The van der Waals surface area contributed by atoms with Crippen molar-refractivity contribution in [1.29, 1.82) is 0 Å². The van der Waals surface area contributed by atoms with Crippen molar-refractivity contribution < 1.29 is 22.8 Å². The van der Waals surface area contributed by atoms with Crippen molar-refractivity contribution in [2.24, 2.45) is 0 Å². The largest absolute Gasteiger partial charge is 0.337 e. The summed E-state index contributed by atoms with van der Waals surface area (Å²) in [5.41, 5.74) is 0.604. The zero-order valence-electron chi connectivity index (χ0n) is 15.1. The standard InChI is InChI=1S/C18H19ClN2O5S2/c1-2-20(13-7-8-28(25,26)11-13)16(22)10-21-17(23)15(27-18(21)24)9-12-5-3-4-6-14(12)19/h3-6,9,13H,2,7-8,10-11H2,1H3/b15-9-/t13-/m1/s1. The monoisotopic (exact) mass is 442 g/mol. The highest BCUT2D eigenvalue weighted by molar-refractivity contribution is 8.18. The van der Waals surface area contributed by atoms with E-state index in [4.69, 9.17) is 11.6 Å². The Bertz CT molecular complexity index is 960. The fraction of sp³-hybridized carbons (Fsp3) is 0.389. The van der Waals surface area contributed by atoms with Crippen LogP contribution in [0.3, 0.4) is 0 Å². The van der Waals surface area contributed by atoms with Crippen LogP contribution >= 0.6 is 23.4 Å². The lowest BCUT2D eigenvalue weighted by Crippen LogP contribution is -2.47. The lowest BCUT2D eigenvalue weighted by atomic mass is 10.2. The summed E-state index contributed by atoms with van der Waals surface area (Å²) in [6, 6.07) is 6.50. The van der Waals surface area contributed by atoms with Crippen LogP contribution in [-0.4, -0.2) is 65.9 Å². The Morgan fingerprint density at radius 2 is 2.07 bits per heavy atom. The summed E-state index contributed by atoms with van der Waals surface area (Å²) in [4.78, 5) is 40.1. The summed E-state index contributed by atoms with van der Waals surface area (Å²) in [6.07, 6.45) is 1.90. The van der Waals surface area contributed by atoms with Gasteiger partial charge in [-0.3, -0.25) is 19.3 Å². The normalized spacial score (nSPS) is 22.9. The van der Waals surface area contributed by atoms with Gasteiger partial charge in [0.05, 0.1) is 16.4 Å². The maximum absolute atomic E-state index is 12.7. The maximum atomic E-state index is 12.7. The number of carbonyl (C=O) groups excluding carboxylic acids is 3. The summed E-state index contributed by atoms with van der Waals surface area (Å²) < 4.78 is 23.4. The van der Waals surface area contributed by atoms with Gasteiger partial charge in [-0.05, 0) is 42.8 Å². The van der Waals surface area contributed by atoms with Crippen molar-refractivity contribution in [3.05, 3.63) is 39.8 Å². The predicted octanol–water partition coefficient (Wildman–Crippen LogP) is 2.41. The van der Waals surface area contributed by atoms with Crippen molar-refractivity contribution in [3.8, 4) is 0 Å². The molecule has 28 heavy (non-hydrogen) atoms. The number of nitrogens with zero attached hydrogens (tertiary/aromatic N) is 2. The highest BCUT2D eigenvalue weighted by Crippen LogP contribution is 2.33. The van der Waals surface area contributed by atoms with Gasteiger partial charge in [0.15, 0.2) is 9.84 Å². The lowest BCUT2D eigenvalue weighted by Gasteiger charge is -2.28. The molecule has 2 aliphatic rings. The lowest BCUT2D eigenvalue weighted by molar-refractivity contribution is -0.137. The first-order valence-electron chi connectivity index (χ1n) is 8.71. The van der Waals surface area contributed by atoms with Crippen molar-refractivity contribution >= 4 is 56.3 Å². The summed E-state index contributed by atoms with van der Waals surface area (Å²) in [6.45, 7) is 1.65. The zero-order valence-corrected chi connectivity index (χ0v) is 17.5. The molecule has 2 aliphatic heterocycles. The quantitative estimate of drug-likeness (QED) is 0.650. The third-order valence-corrected chi connectivity index (χ3v) is 7.67. The molecule has 10 heteroatoms. The molecule has 3 rings (SSSR count). The van der Waals surface area contributed by atoms with Crippen molar-refractivity contribution in [2.75, 3.05) is 24.6 Å². The van der Waals surface area contributed by atoms with E-state index in [1.807, 2.05) is 0 Å². The number of sulfone groups is 1. The van der Waals surface area contributed by atoms with Gasteiger partial charge in [-0.1, -0.05) is 29.8 Å². The van der Waals surface area contributed by atoms with E-state index in [2.05, 4.69) is 0 Å². The van der Waals surface area contributed by atoms with Gasteiger partial charge in [-0.15, -0.1) is 0 Å². The number of rotatable bonds is 5. The van der Waals surface area contributed by atoms with Gasteiger partial charge in [0.25, 0.3) is 11.1 Å². The SMILES string of the molecule is CCN(C(=O)CN1C(=O)S/C(=C\c2ccccc2Cl)C1=O)[C@@H]1CCS(=O)(=O)C1. The molecule has 0 unspecified atom stereocenters. The number of carbonyl (C=O) groups is 3. The predicted molar refractivity (Wildman–Crippen MR) is 109 cm³/mol. The first kappa shape index (κ1) is 20.9. The number of halogens is 1. The van der Waals surface area contributed by atoms with Gasteiger partial charge in [0.2, 0.25) is 5.91 Å². The van der Waals surface area contributed by atoms with Crippen LogP contribution in [0.1, 0.15) is 18.9 Å². The Balaban J connectivity index is 1.73. The summed E-state index contributed by atoms with van der Waals surface area (Å²) in [7, 11) is -3.15. The van der Waals surface area contributed by atoms with Crippen LogP contribution in [0.25, 0.3) is 6.08 Å². The molecule has 2 saturated heterocycles. The van der Waals surface area contributed by atoms with E-state index in [1.165, 1.54) is 11.0 Å². The molecule has 7 nitrogen and oxygen atoms in total. The zero-order chi connectivity index (χ0) is 20.5. The highest BCUT2D eigenvalue weighted by atomic mass is 35.5. The third-order valence-electron chi connectivity index (χ3n) is 4.67. The Labute approximate surface area is 172 Å². The van der Waals surface area contributed by atoms with Crippen molar-refractivity contribution in [2.45, 2.75) is 19.4 Å². The van der Waals surface area contributed by atoms with E-state index >= 15 is 0 Å². The van der Waals surface area contributed by atoms with E-state index in [0.29, 0.717) is 23.6 Å². The number of amides is 3. The van der Waals surface area contributed by atoms with Crippen molar-refractivity contribution in [3.63, 3.8) is 0 Å². The Kier molecular flexibility index (Phi) is 6.16. The first-order chi connectivity index (χ1) is 13.2. The smallest absolute Gasteiger partial charge is 0.294 e. The summed E-state index contributed by atoms with van der Waals surface area (Å²) in [5, 5.41) is -0.0864. The topological polar surface area (TPSA) is 91.8 Å². The molecule has 2 fully saturated rings. The summed E-state index contributed by atoms with van der Waals surface area (Å²) in [5.74, 6) is -1.03. The number of hydrogen-bond acceptors (Lipinski definition) is 6. The van der Waals surface area contributed by atoms with Crippen LogP contribution < -0.4 is 0 Å². The number of imide groups is 1. The van der Waals surface area contributed by atoms with Crippen molar-refractivity contribution in [1.82, 2.24) is 9.80 Å². The van der Waals surface area contributed by atoms with Gasteiger partial charge in [0.1, 0.15) is 6.54 Å². The molecule has 0 aromatic heterocycles. The average Bonchev–Trinajstić information content (AvgIpc) is 3.11. The summed E-state index contributed by atoms with van der Waals surface area (Å²) >= 11 is 6.84. The molecular weight excluding hydrogens is 424 g/mol. The minimum Gasteiger partial charge on any atom is -0.337 e. The molecule has 0 radical (unpaired) electrons. The molecule has 0 aliphatic carbocycles. The van der Waals surface area contributed by atoms with E-state index in [9.17, 15) is 22.8 Å². The molecule has 2 heterocycles. The molecule has 3 amide bonds. The van der Waals surface area contributed by atoms with E-state index in [1.54, 1.807) is 31.2 Å². The molecule has 1 atom stereocenters. The second-order valence-electron chi connectivity index (χ2n) is 6.53. The van der Waals surface area contributed by atoms with E-state index in [0.717, 1.165) is 16.7 Å². The highest BCUT2D eigenvalue weighted by Gasteiger charge is 2.39. The van der Waals surface area contributed by atoms with E-state index < -0.39 is 39.5 Å². The molecule has 0 bridgehead atoms. The molecule has 0 saturated carbocycles. The molecule has 1 aromatic carbocycles. The molecule has 0 N–H and O–H groups in total. The van der Waals surface area contributed by atoms with Gasteiger partial charge in [-0.2, -0.15) is 0 Å². The number of likely N-dealkylation sites (N-methyl/N-ethyl adjacent to an activating group) is 1. The van der Waals surface area contributed by atoms with Crippen LogP contribution in [0.4, 0.5) is 4.79 Å². The second-order valence-corrected chi connectivity index (χ2v) is 10.2. The van der Waals surface area contributed by atoms with Gasteiger partial charge >= 0.3 is 0 Å². The molecular formula is C18H19ClN2O5S2. The average molecular weight is 443 g/mol. The minimum atomic E-state index is -3.15. The Hall–Kier alpha value is -1.84. The first-order valence-corrected chi connectivity index (χ1v) is 11.7. The minimum absolute atomic E-state index is 0.0452. The van der Waals surface area contributed by atoms with Gasteiger partial charge < -0.3 is 4.90 Å². The maximum Gasteiger partial charge on any atom is 0.294 e. The van der Waals surface area contributed by atoms with E-state index in [-0.39, 0.29) is 16.4 Å². The van der Waals surface area contributed by atoms with Crippen LogP contribution in [0.2, 0.25) is 5.02 Å². The molecule has 1 aromatic rings. The fourth-order valence-electron chi connectivity index (χ4n) is 3.26. The van der Waals surface area contributed by atoms with Crippen LogP contribution in [0.5, 0.6) is 0 Å². The number of thioether (sulfide) groups is 1. The fourth-order valence-corrected chi connectivity index (χ4v) is 6.01. The molecule has 0 spiro atoms. The second kappa shape index (κ2) is 8.26. The van der Waals surface area contributed by atoms with Crippen LogP contribution in [0.15, 0.2) is 29.2 Å². The van der Waals surface area contributed by atoms with Crippen LogP contribution in [0, 0.1) is 0 Å². The molecule has 150 valence electrons.